The van der Waals surface area contributed by atoms with E-state index >= 15 is 0 Å². The van der Waals surface area contributed by atoms with E-state index in [2.05, 4.69) is 74.1 Å². The Balaban J connectivity index is 1.08. The van der Waals surface area contributed by atoms with Crippen LogP contribution in [0.2, 0.25) is 0 Å². The third-order valence-corrected chi connectivity index (χ3v) is 23.7. The molecule has 3 saturated heterocycles. The number of aromatic amines is 1. The number of H-pyrrole nitrogens is 1. The average molecular weight is 1840 g/mol. The Kier molecular flexibility index (Phi) is 37.8. The summed E-state index contributed by atoms with van der Waals surface area (Å²) in [5, 5.41) is 77.5. The molecule has 3 aromatic rings. The second kappa shape index (κ2) is 46.0. The predicted molar refractivity (Wildman–Crippen MR) is 476 cm³/mol. The van der Waals surface area contributed by atoms with Crippen molar-refractivity contribution in [2.24, 2.45) is 29.2 Å². The number of rotatable bonds is 46. The number of β-amino-alcohol motifs (C(OH)–C–C–N with tert-alkyl or cyclic N) is 2. The highest BCUT2D eigenvalue weighted by atomic mass is 16.4. The first-order valence-corrected chi connectivity index (χ1v) is 44.2. The zero-order chi connectivity index (χ0) is 98.6. The summed E-state index contributed by atoms with van der Waals surface area (Å²) in [5.74, 6) is -19.1. The maximum absolute atomic E-state index is 14.8. The lowest BCUT2D eigenvalue weighted by atomic mass is 9.94. The van der Waals surface area contributed by atoms with Crippen LogP contribution in [-0.4, -0.2) is 285 Å². The van der Waals surface area contributed by atoms with Crippen molar-refractivity contribution in [3.63, 3.8) is 0 Å². The molecule has 131 heavy (non-hydrogen) atoms. The van der Waals surface area contributed by atoms with Crippen LogP contribution in [0.1, 0.15) is 206 Å². The largest absolute Gasteiger partial charge is 0.480 e. The van der Waals surface area contributed by atoms with Gasteiger partial charge in [0.25, 0.3) is 0 Å². The van der Waals surface area contributed by atoms with Crippen LogP contribution in [-0.2, 0) is 104 Å². The van der Waals surface area contributed by atoms with Gasteiger partial charge in [0.05, 0.1) is 18.3 Å². The van der Waals surface area contributed by atoms with E-state index in [1.54, 1.807) is 78.1 Å². The summed E-state index contributed by atoms with van der Waals surface area (Å²) in [5.41, 5.74) is 3.55. The standard InChI is InChI=1S/C89H135N19O23/c1-19-46(5)66(98-69(115)59(93-49(8)110)39-51-42-92-55-30-25-24-29-54(51)55)76(122)95-57(33-35-65(91)114)70(116)101-86(11,12)81(128)100-67(47(6)20-2)77(123)99-68(48(7)109)78(124)105-85(9,10)80(127)97-58(37-45(3)4)72(118)103-89(17,18)83(130)107-43-52(111)40-62(107)74(120)94-56(32-34-64(90)113)71(117)102-88(15,16)84(131)108-44-53(112)41-63(108)75(121)104-87(13,14)82(129)106-36-26-31-61(106)73(119)96-60(79(125)126)38-50-27-22-21-23-28-50/h21-25,27-30,42,45-48,52-53,56-63,66-68,92,109,111-112H,19-20,26,31-41,43-44H2,1-18H3,(H2,90,113)(H2,91,114)(H,93,110)(H,94,120)(H,95,122)(H,96,119)(H,97,127)(H,98,115)(H,99,123)(H,100,128)(H,101,116)(H,102,117)(H,103,118)(H,104,121)(H,105,124)(H,125,126)/t46-,47-,48+,52+,53+,56-,57-,58-,59-,60-,61-,62-,63-,66-,67-,68-/m0/s1. The van der Waals surface area contributed by atoms with Gasteiger partial charge in [-0.05, 0) is 143 Å². The summed E-state index contributed by atoms with van der Waals surface area (Å²) >= 11 is 0. The van der Waals surface area contributed by atoms with Crippen LogP contribution in [0.25, 0.3) is 10.9 Å². The quantitative estimate of drug-likeness (QED) is 0.0275. The number of fused-ring (bicyclic) bond motifs is 1. The normalized spacial score (nSPS) is 19.1. The van der Waals surface area contributed by atoms with E-state index in [1.807, 2.05) is 24.3 Å². The molecule has 1 aromatic heterocycles. The molecule has 0 unspecified atom stereocenters. The highest BCUT2D eigenvalue weighted by Crippen LogP contribution is 2.29. The van der Waals surface area contributed by atoms with Gasteiger partial charge in [0.15, 0.2) is 0 Å². The van der Waals surface area contributed by atoms with Crippen LogP contribution in [0, 0.1) is 17.8 Å². The van der Waals surface area contributed by atoms with Crippen molar-refractivity contribution in [1.82, 2.24) is 88.8 Å². The average Bonchev–Trinajstić information content (AvgIpc) is 1.67. The minimum atomic E-state index is -1.98. The molecular formula is C89H135N19O23. The smallest absolute Gasteiger partial charge is 0.326 e. The number of para-hydroxylation sites is 1. The number of nitrogens with two attached hydrogens (primary N) is 2. The fourth-order valence-electron chi connectivity index (χ4n) is 15.8. The minimum absolute atomic E-state index is 0.0292. The molecule has 18 amide bonds. The second-order valence-corrected chi connectivity index (χ2v) is 37.6. The van der Waals surface area contributed by atoms with Gasteiger partial charge in [-0.25, -0.2) is 4.79 Å². The number of carbonyl (C=O) groups is 19. The molecule has 2 aromatic carbocycles. The molecule has 724 valence electrons. The molecular weight excluding hydrogens is 1700 g/mol. The first-order valence-electron chi connectivity index (χ1n) is 44.2. The number of benzene rings is 2. The number of hydrogen-bond acceptors (Lipinski definition) is 22. The number of nitrogens with one attached hydrogen (secondary N) is 14. The monoisotopic (exact) mass is 1840 g/mol. The van der Waals surface area contributed by atoms with Crippen LogP contribution >= 0.6 is 0 Å². The molecule has 0 spiro atoms. The summed E-state index contributed by atoms with van der Waals surface area (Å²) < 4.78 is 0. The molecule has 0 aliphatic carbocycles. The lowest BCUT2D eigenvalue weighted by molar-refractivity contribution is -0.149. The fourth-order valence-corrected chi connectivity index (χ4v) is 15.8. The summed E-state index contributed by atoms with van der Waals surface area (Å²) in [6.45, 7) is 24.5. The molecule has 0 saturated carbocycles. The summed E-state index contributed by atoms with van der Waals surface area (Å²) in [6.07, 6.45) is -4.19. The molecule has 3 aliphatic rings. The van der Waals surface area contributed by atoms with Crippen molar-refractivity contribution in [2.45, 2.75) is 321 Å². The van der Waals surface area contributed by atoms with E-state index in [4.69, 9.17) is 11.5 Å². The third-order valence-electron chi connectivity index (χ3n) is 23.7. The van der Waals surface area contributed by atoms with E-state index in [-0.39, 0.29) is 57.4 Å². The van der Waals surface area contributed by atoms with Crippen molar-refractivity contribution in [3.05, 3.63) is 71.9 Å². The minimum Gasteiger partial charge on any atom is -0.480 e. The Morgan fingerprint density at radius 1 is 0.458 bits per heavy atom. The van der Waals surface area contributed by atoms with Gasteiger partial charge in [0, 0.05) is 82.2 Å². The molecule has 3 aliphatic heterocycles. The Bertz CT molecular complexity index is 4700. The molecule has 22 N–H and O–H groups in total. The first-order chi connectivity index (χ1) is 60.9. The summed E-state index contributed by atoms with van der Waals surface area (Å²) in [4.78, 5) is 271. The van der Waals surface area contributed by atoms with Gasteiger partial charge in [-0.15, -0.1) is 0 Å². The van der Waals surface area contributed by atoms with Crippen molar-refractivity contribution in [1.29, 1.82) is 0 Å². The Labute approximate surface area is 761 Å². The molecule has 42 nitrogen and oxygen atoms in total. The Morgan fingerprint density at radius 3 is 1.40 bits per heavy atom. The number of aliphatic hydroxyl groups is 3. The van der Waals surface area contributed by atoms with Gasteiger partial charge in [0.1, 0.15) is 94.2 Å². The lowest BCUT2D eigenvalue weighted by Gasteiger charge is -2.37. The number of primary amides is 2. The van der Waals surface area contributed by atoms with E-state index in [9.17, 15) is 112 Å². The number of carboxylic acid groups (broad SMARTS) is 1. The SMILES string of the molecule is CC[C@H](C)[C@H](NC(=O)[C@H](Cc1c[nH]c2ccccc12)NC(C)=O)C(=O)N[C@@H](CCC(N)=O)C(=O)NC(C)(C)C(=O)N[C@H](C(=O)N[C@H](C(=O)NC(C)(C)C(=O)N[C@@H](CC(C)C)C(=O)NC(C)(C)C(=O)N1C[C@H](O)C[C@H]1C(=O)N[C@@H](CCC(N)=O)C(=O)NC(C)(C)C(=O)N1C[C@H](O)C[C@H]1C(=O)NC(C)(C)C(=O)N1CCC[C@H]1C(=O)N[C@@H](Cc1ccccc1)C(=O)O)[C@@H](C)O)[C@@H](C)CC. The lowest BCUT2D eigenvalue weighted by Crippen LogP contribution is -2.66. The number of carboxylic acids is 1. The van der Waals surface area contributed by atoms with Gasteiger partial charge >= 0.3 is 5.97 Å². The highest BCUT2D eigenvalue weighted by Gasteiger charge is 2.51. The Hall–Kier alpha value is -12.2. The maximum atomic E-state index is 14.8. The van der Waals surface area contributed by atoms with Gasteiger partial charge in [0.2, 0.25) is 106 Å². The van der Waals surface area contributed by atoms with Gasteiger partial charge in [-0.3, -0.25) is 86.3 Å². The van der Waals surface area contributed by atoms with Crippen LogP contribution < -0.4 is 80.6 Å². The number of likely N-dealkylation sites (tertiary alicyclic amines) is 3. The fraction of sp³-hybridized carbons (Fsp3) is 0.629. The van der Waals surface area contributed by atoms with Crippen LogP contribution in [0.5, 0.6) is 0 Å². The number of aliphatic carboxylic acids is 1. The third kappa shape index (κ3) is 29.6. The predicted octanol–water partition coefficient (Wildman–Crippen LogP) is -2.63. The zero-order valence-electron chi connectivity index (χ0n) is 77.9. The number of aromatic nitrogens is 1. The van der Waals surface area contributed by atoms with Crippen molar-refractivity contribution < 1.29 is 112 Å². The van der Waals surface area contributed by atoms with Crippen LogP contribution in [0.15, 0.2) is 60.8 Å². The Morgan fingerprint density at radius 2 is 0.893 bits per heavy atom. The number of aliphatic hydroxyl groups excluding tert-OH is 3. The second-order valence-electron chi connectivity index (χ2n) is 37.6. The molecule has 0 bridgehead atoms. The van der Waals surface area contributed by atoms with Crippen molar-refractivity contribution in [2.75, 3.05) is 19.6 Å². The summed E-state index contributed by atoms with van der Waals surface area (Å²) in [6, 6.07) is -0.0538. The van der Waals surface area contributed by atoms with Gasteiger partial charge in [-0.2, -0.15) is 0 Å². The van der Waals surface area contributed by atoms with Crippen molar-refractivity contribution in [3.8, 4) is 0 Å². The first kappa shape index (κ1) is 108. The molecule has 3 fully saturated rings. The maximum Gasteiger partial charge on any atom is 0.326 e. The molecule has 6 rings (SSSR count). The highest BCUT2D eigenvalue weighted by molar-refractivity contribution is 6.04. The van der Waals surface area contributed by atoms with Gasteiger partial charge < -0.3 is 121 Å². The van der Waals surface area contributed by atoms with Gasteiger partial charge in [-0.1, -0.05) is 103 Å². The molecule has 4 heterocycles. The molecule has 0 radical (unpaired) electrons. The topological polar surface area (TPSA) is 639 Å². The van der Waals surface area contributed by atoms with E-state index in [0.29, 0.717) is 24.0 Å². The number of amides is 18. The van der Waals surface area contributed by atoms with E-state index in [0.717, 1.165) is 27.6 Å². The van der Waals surface area contributed by atoms with Crippen molar-refractivity contribution >= 4 is 123 Å². The zero-order valence-corrected chi connectivity index (χ0v) is 77.9. The van der Waals surface area contributed by atoms with E-state index in [1.165, 1.54) is 81.1 Å². The van der Waals surface area contributed by atoms with Crippen LogP contribution in [0.4, 0.5) is 0 Å². The number of hydrogen-bond donors (Lipinski definition) is 20. The molecule has 16 atom stereocenters. The summed E-state index contributed by atoms with van der Waals surface area (Å²) in [7, 11) is 0. The molecule has 42 heteroatoms. The van der Waals surface area contributed by atoms with E-state index < -0.39 is 275 Å². The van der Waals surface area contributed by atoms with Crippen LogP contribution in [0.3, 0.4) is 0 Å². The number of carbonyl (C=O) groups excluding carboxylic acids is 18. The number of nitrogens with zero attached hydrogens (tertiary/aromatic N) is 3.